The topological polar surface area (TPSA) is 52.6 Å². The fourth-order valence-corrected chi connectivity index (χ4v) is 1.01. The summed E-state index contributed by atoms with van der Waals surface area (Å²) in [6, 6.07) is 0. The van der Waals surface area contributed by atoms with Gasteiger partial charge in [-0.05, 0) is 18.8 Å². The smallest absolute Gasteiger partial charge is 0.317 e. The van der Waals surface area contributed by atoms with E-state index >= 15 is 0 Å². The molecule has 0 N–H and O–H groups in total. The summed E-state index contributed by atoms with van der Waals surface area (Å²) in [5, 5.41) is 0. The first kappa shape index (κ1) is 14.9. The van der Waals surface area contributed by atoms with Crippen LogP contribution in [0.3, 0.4) is 0 Å². The van der Waals surface area contributed by atoms with Gasteiger partial charge < -0.3 is 9.47 Å². The third kappa shape index (κ3) is 8.26. The molecule has 0 aliphatic rings. The Morgan fingerprint density at radius 1 is 1.06 bits per heavy atom. The van der Waals surface area contributed by atoms with Gasteiger partial charge in [-0.15, -0.1) is 0 Å². The maximum Gasteiger partial charge on any atom is 0.317 e. The van der Waals surface area contributed by atoms with E-state index in [0.717, 1.165) is 19.3 Å². The Bertz CT molecular complexity index is 213. The normalized spacial score (nSPS) is 11.9. The zero-order valence-electron chi connectivity index (χ0n) is 10.5. The van der Waals surface area contributed by atoms with Gasteiger partial charge in [-0.3, -0.25) is 9.59 Å². The van der Waals surface area contributed by atoms with Crippen LogP contribution < -0.4 is 0 Å². The van der Waals surface area contributed by atoms with Crippen molar-refractivity contribution in [2.45, 2.75) is 46.5 Å². The summed E-state index contributed by atoms with van der Waals surface area (Å²) < 4.78 is 9.70. The molecule has 1 unspecified atom stereocenters. The van der Waals surface area contributed by atoms with Crippen LogP contribution in [0.5, 0.6) is 0 Å². The fraction of sp³-hybridized carbons (Fsp3) is 0.833. The summed E-state index contributed by atoms with van der Waals surface area (Å²) in [5.41, 5.74) is 0. The molecule has 0 heterocycles. The minimum absolute atomic E-state index is 0.277. The van der Waals surface area contributed by atoms with Crippen LogP contribution >= 0.6 is 0 Å². The van der Waals surface area contributed by atoms with Crippen LogP contribution in [0, 0.1) is 5.92 Å². The van der Waals surface area contributed by atoms with Gasteiger partial charge >= 0.3 is 11.9 Å². The second kappa shape index (κ2) is 9.19. The second-order valence-corrected chi connectivity index (χ2v) is 3.92. The Labute approximate surface area is 97.3 Å². The lowest BCUT2D eigenvalue weighted by molar-refractivity contribution is -0.154. The van der Waals surface area contributed by atoms with Crippen LogP contribution in [0.4, 0.5) is 0 Å². The number of carbonyl (C=O) groups excluding carboxylic acids is 2. The van der Waals surface area contributed by atoms with Crippen LogP contribution in [0.2, 0.25) is 0 Å². The van der Waals surface area contributed by atoms with Gasteiger partial charge in [0.15, 0.2) is 0 Å². The molecular formula is C12H22O4. The van der Waals surface area contributed by atoms with Gasteiger partial charge in [0.25, 0.3) is 0 Å². The van der Waals surface area contributed by atoms with E-state index in [1.165, 1.54) is 0 Å². The number of ether oxygens (including phenoxy) is 2. The Morgan fingerprint density at radius 2 is 1.62 bits per heavy atom. The Kier molecular flexibility index (Phi) is 8.58. The van der Waals surface area contributed by atoms with E-state index in [4.69, 9.17) is 9.47 Å². The van der Waals surface area contributed by atoms with Crippen molar-refractivity contribution in [3.8, 4) is 0 Å². The monoisotopic (exact) mass is 230 g/mol. The van der Waals surface area contributed by atoms with Crippen molar-refractivity contribution in [3.63, 3.8) is 0 Å². The molecule has 0 aromatic rings. The van der Waals surface area contributed by atoms with Gasteiger partial charge in [-0.1, -0.05) is 27.2 Å². The van der Waals surface area contributed by atoms with Crippen molar-refractivity contribution in [1.82, 2.24) is 0 Å². The van der Waals surface area contributed by atoms with Gasteiger partial charge in [0.1, 0.15) is 6.42 Å². The number of hydrogen-bond donors (Lipinski definition) is 0. The fourth-order valence-electron chi connectivity index (χ4n) is 1.01. The summed E-state index contributed by atoms with van der Waals surface area (Å²) in [5.74, 6) is -0.459. The van der Waals surface area contributed by atoms with E-state index in [9.17, 15) is 9.59 Å². The SMILES string of the molecule is CCCOC(=O)CC(=O)OCCC(C)CC. The molecule has 0 aromatic heterocycles. The van der Waals surface area contributed by atoms with Crippen LogP contribution in [0.1, 0.15) is 46.5 Å². The third-order valence-corrected chi connectivity index (χ3v) is 2.33. The lowest BCUT2D eigenvalue weighted by Gasteiger charge is -2.08. The highest BCUT2D eigenvalue weighted by molar-refractivity contribution is 5.91. The second-order valence-electron chi connectivity index (χ2n) is 3.92. The molecule has 0 spiro atoms. The predicted octanol–water partition coefficient (Wildman–Crippen LogP) is 2.31. The standard InChI is InChI=1S/C12H22O4/c1-4-7-15-11(13)9-12(14)16-8-6-10(3)5-2/h10H,4-9H2,1-3H3. The molecule has 0 saturated heterocycles. The quantitative estimate of drug-likeness (QED) is 0.474. The minimum Gasteiger partial charge on any atom is -0.465 e. The molecule has 0 bridgehead atoms. The van der Waals surface area contributed by atoms with Gasteiger partial charge in [0, 0.05) is 0 Å². The zero-order chi connectivity index (χ0) is 12.4. The van der Waals surface area contributed by atoms with Crippen LogP contribution in [0.25, 0.3) is 0 Å². The van der Waals surface area contributed by atoms with E-state index in [0.29, 0.717) is 19.1 Å². The zero-order valence-corrected chi connectivity index (χ0v) is 10.5. The summed E-state index contributed by atoms with van der Waals surface area (Å²) in [6.45, 7) is 6.84. The van der Waals surface area contributed by atoms with E-state index in [1.807, 2.05) is 6.92 Å². The average molecular weight is 230 g/mol. The summed E-state index contributed by atoms with van der Waals surface area (Å²) >= 11 is 0. The molecule has 0 aliphatic carbocycles. The Balaban J connectivity index is 3.54. The van der Waals surface area contributed by atoms with Crippen LogP contribution in [-0.2, 0) is 19.1 Å². The van der Waals surface area contributed by atoms with Crippen molar-refractivity contribution in [2.24, 2.45) is 5.92 Å². The average Bonchev–Trinajstić information content (AvgIpc) is 2.25. The molecule has 4 heteroatoms. The first-order valence-electron chi connectivity index (χ1n) is 5.91. The highest BCUT2D eigenvalue weighted by atomic mass is 16.6. The molecular weight excluding hydrogens is 208 g/mol. The third-order valence-electron chi connectivity index (χ3n) is 2.33. The van der Waals surface area contributed by atoms with Gasteiger partial charge in [-0.2, -0.15) is 0 Å². The van der Waals surface area contributed by atoms with E-state index < -0.39 is 11.9 Å². The van der Waals surface area contributed by atoms with E-state index in [1.54, 1.807) is 0 Å². The highest BCUT2D eigenvalue weighted by Crippen LogP contribution is 2.06. The number of esters is 2. The Hall–Kier alpha value is -1.06. The molecule has 0 fully saturated rings. The lowest BCUT2D eigenvalue weighted by atomic mass is 10.1. The molecule has 0 saturated carbocycles. The number of rotatable bonds is 8. The number of hydrogen-bond acceptors (Lipinski definition) is 4. The van der Waals surface area contributed by atoms with Crippen molar-refractivity contribution < 1.29 is 19.1 Å². The molecule has 0 aliphatic heterocycles. The van der Waals surface area contributed by atoms with Crippen molar-refractivity contribution in [2.75, 3.05) is 13.2 Å². The van der Waals surface area contributed by atoms with E-state index in [2.05, 4.69) is 13.8 Å². The summed E-state index contributed by atoms with van der Waals surface area (Å²) in [7, 11) is 0. The van der Waals surface area contributed by atoms with Crippen molar-refractivity contribution >= 4 is 11.9 Å². The van der Waals surface area contributed by atoms with Gasteiger partial charge in [-0.25, -0.2) is 0 Å². The molecule has 4 nitrogen and oxygen atoms in total. The van der Waals surface area contributed by atoms with Crippen LogP contribution in [0.15, 0.2) is 0 Å². The van der Waals surface area contributed by atoms with Crippen molar-refractivity contribution in [1.29, 1.82) is 0 Å². The minimum atomic E-state index is -0.504. The summed E-state index contributed by atoms with van der Waals surface area (Å²) in [4.78, 5) is 22.2. The first-order valence-corrected chi connectivity index (χ1v) is 5.91. The van der Waals surface area contributed by atoms with E-state index in [-0.39, 0.29) is 6.42 Å². The molecule has 1 atom stereocenters. The summed E-state index contributed by atoms with van der Waals surface area (Å²) in [6.07, 6.45) is 2.39. The molecule has 0 radical (unpaired) electrons. The lowest BCUT2D eigenvalue weighted by Crippen LogP contribution is -2.15. The highest BCUT2D eigenvalue weighted by Gasteiger charge is 2.11. The van der Waals surface area contributed by atoms with Crippen molar-refractivity contribution in [3.05, 3.63) is 0 Å². The van der Waals surface area contributed by atoms with Crippen LogP contribution in [-0.4, -0.2) is 25.2 Å². The maximum absolute atomic E-state index is 11.2. The molecule has 0 amide bonds. The molecule has 0 rings (SSSR count). The Morgan fingerprint density at radius 3 is 2.12 bits per heavy atom. The molecule has 16 heavy (non-hydrogen) atoms. The molecule has 94 valence electrons. The predicted molar refractivity (Wildman–Crippen MR) is 60.9 cm³/mol. The maximum atomic E-state index is 11.2. The largest absolute Gasteiger partial charge is 0.465 e. The van der Waals surface area contributed by atoms with Gasteiger partial charge in [0.2, 0.25) is 0 Å². The number of carbonyl (C=O) groups is 2. The van der Waals surface area contributed by atoms with Gasteiger partial charge in [0.05, 0.1) is 13.2 Å². The molecule has 0 aromatic carbocycles. The first-order chi connectivity index (χ1) is 7.60.